The summed E-state index contributed by atoms with van der Waals surface area (Å²) in [6, 6.07) is 8.19. The number of benzene rings is 1. The number of nitrogens with zero attached hydrogens (tertiary/aromatic N) is 4. The van der Waals surface area contributed by atoms with E-state index < -0.39 is 5.92 Å². The monoisotopic (exact) mass is 507 g/mol. The number of aliphatic imine (C=N–C) groups is 1. The third-order valence-corrected chi connectivity index (χ3v) is 5.93. The van der Waals surface area contributed by atoms with Gasteiger partial charge in [0.05, 0.1) is 30.8 Å². The Labute approximate surface area is 218 Å². The van der Waals surface area contributed by atoms with E-state index in [0.29, 0.717) is 17.9 Å². The number of likely N-dealkylation sites (tertiary alicyclic amines) is 1. The van der Waals surface area contributed by atoms with Gasteiger partial charge in [0.25, 0.3) is 5.92 Å². The van der Waals surface area contributed by atoms with Gasteiger partial charge in [-0.15, -0.1) is 0 Å². The van der Waals surface area contributed by atoms with E-state index in [4.69, 9.17) is 0 Å². The fourth-order valence-electron chi connectivity index (χ4n) is 3.83. The van der Waals surface area contributed by atoms with E-state index in [1.807, 2.05) is 63.4 Å². The number of rotatable bonds is 12. The second-order valence-electron chi connectivity index (χ2n) is 9.07. The van der Waals surface area contributed by atoms with Crippen molar-refractivity contribution in [3.05, 3.63) is 90.6 Å². The number of halogens is 2. The third kappa shape index (κ3) is 7.19. The maximum atomic E-state index is 13.3. The van der Waals surface area contributed by atoms with Crippen LogP contribution in [0.15, 0.2) is 90.0 Å². The van der Waals surface area contributed by atoms with Gasteiger partial charge in [-0.05, 0) is 43.0 Å². The highest BCUT2D eigenvalue weighted by molar-refractivity contribution is 5.71. The maximum Gasteiger partial charge on any atom is 0.282 e. The molecule has 0 aliphatic carbocycles. The summed E-state index contributed by atoms with van der Waals surface area (Å²) in [6.45, 7) is 12.9. The minimum atomic E-state index is -2.68. The molecule has 1 aliphatic rings. The van der Waals surface area contributed by atoms with E-state index in [-0.39, 0.29) is 13.1 Å². The van der Waals surface area contributed by atoms with Gasteiger partial charge in [0.1, 0.15) is 5.82 Å². The molecule has 2 aromatic rings. The van der Waals surface area contributed by atoms with E-state index in [1.54, 1.807) is 12.3 Å². The van der Waals surface area contributed by atoms with Crippen LogP contribution in [-0.4, -0.2) is 61.7 Å². The molecule has 1 aromatic carbocycles. The predicted octanol–water partition coefficient (Wildman–Crippen LogP) is 5.28. The molecule has 2 heterocycles. The van der Waals surface area contributed by atoms with Gasteiger partial charge in [0.15, 0.2) is 0 Å². The number of anilines is 2. The van der Waals surface area contributed by atoms with Crippen molar-refractivity contribution in [2.45, 2.75) is 19.3 Å². The van der Waals surface area contributed by atoms with Crippen molar-refractivity contribution in [2.75, 3.05) is 44.9 Å². The van der Waals surface area contributed by atoms with Gasteiger partial charge in [-0.3, -0.25) is 4.98 Å². The lowest BCUT2D eigenvalue weighted by Crippen LogP contribution is -2.55. The number of hydrogen-bond donors (Lipinski definition) is 3. The smallest absolute Gasteiger partial charge is 0.282 e. The molecule has 196 valence electrons. The van der Waals surface area contributed by atoms with Crippen LogP contribution in [0.3, 0.4) is 0 Å². The lowest BCUT2D eigenvalue weighted by Gasteiger charge is -2.40. The van der Waals surface area contributed by atoms with Crippen molar-refractivity contribution in [1.29, 1.82) is 0 Å². The molecule has 0 bridgehead atoms. The van der Waals surface area contributed by atoms with Gasteiger partial charge in [-0.25, -0.2) is 13.8 Å². The molecule has 3 rings (SSSR count). The van der Waals surface area contributed by atoms with Crippen molar-refractivity contribution in [3.8, 4) is 11.1 Å². The van der Waals surface area contributed by atoms with E-state index in [2.05, 4.69) is 51.9 Å². The minimum absolute atomic E-state index is 0.358. The summed E-state index contributed by atoms with van der Waals surface area (Å²) in [5.74, 6) is -1.52. The van der Waals surface area contributed by atoms with Gasteiger partial charge in [-0.2, -0.15) is 0 Å². The Bertz CT molecular complexity index is 1220. The number of pyridine rings is 1. The molecule has 1 saturated heterocycles. The number of allylic oxidation sites excluding steroid dienone is 3. The molecular weight excluding hydrogens is 472 g/mol. The van der Waals surface area contributed by atoms with Crippen molar-refractivity contribution in [3.63, 3.8) is 0 Å². The number of alkyl halides is 2. The van der Waals surface area contributed by atoms with Crippen LogP contribution in [0.25, 0.3) is 11.1 Å². The van der Waals surface area contributed by atoms with Crippen molar-refractivity contribution in [1.82, 2.24) is 20.1 Å². The normalized spacial score (nSPS) is 14.9. The van der Waals surface area contributed by atoms with Crippen LogP contribution in [-0.2, 0) is 6.42 Å². The number of nitrogens with one attached hydrogen (secondary N) is 3. The lowest BCUT2D eigenvalue weighted by atomic mass is 10.00. The van der Waals surface area contributed by atoms with E-state index >= 15 is 0 Å². The average molecular weight is 508 g/mol. The Morgan fingerprint density at radius 1 is 1.19 bits per heavy atom. The van der Waals surface area contributed by atoms with Crippen LogP contribution in [0.4, 0.5) is 20.2 Å². The van der Waals surface area contributed by atoms with Gasteiger partial charge in [0.2, 0.25) is 0 Å². The van der Waals surface area contributed by atoms with Gasteiger partial charge < -0.3 is 25.8 Å². The zero-order valence-corrected chi connectivity index (χ0v) is 21.9. The Morgan fingerprint density at radius 3 is 2.51 bits per heavy atom. The Kier molecular flexibility index (Phi) is 8.70. The zero-order valence-electron chi connectivity index (χ0n) is 21.9. The van der Waals surface area contributed by atoms with Crippen LogP contribution in [0.1, 0.15) is 12.5 Å². The summed E-state index contributed by atoms with van der Waals surface area (Å²) >= 11 is 0. The van der Waals surface area contributed by atoms with Crippen LogP contribution >= 0.6 is 0 Å². The minimum Gasteiger partial charge on any atom is -0.388 e. The summed E-state index contributed by atoms with van der Waals surface area (Å²) < 4.78 is 26.6. The summed E-state index contributed by atoms with van der Waals surface area (Å²) in [5.41, 5.74) is 6.28. The fraction of sp³-hybridized carbons (Fsp3) is 0.286. The fourth-order valence-corrected chi connectivity index (χ4v) is 3.83. The summed E-state index contributed by atoms with van der Waals surface area (Å²) in [7, 11) is 5.71. The molecule has 0 radical (unpaired) electrons. The molecule has 1 aromatic heterocycles. The highest BCUT2D eigenvalue weighted by Crippen LogP contribution is 2.31. The molecule has 0 amide bonds. The molecule has 0 atom stereocenters. The van der Waals surface area contributed by atoms with Crippen molar-refractivity contribution < 1.29 is 8.78 Å². The van der Waals surface area contributed by atoms with Crippen molar-refractivity contribution >= 4 is 18.1 Å². The first-order valence-corrected chi connectivity index (χ1v) is 11.9. The molecule has 9 heteroatoms. The summed E-state index contributed by atoms with van der Waals surface area (Å²) in [4.78, 5) is 11.7. The molecule has 0 unspecified atom stereocenters. The topological polar surface area (TPSA) is 67.8 Å². The highest BCUT2D eigenvalue weighted by atomic mass is 19.3. The largest absolute Gasteiger partial charge is 0.388 e. The zero-order chi connectivity index (χ0) is 27.2. The molecule has 37 heavy (non-hydrogen) atoms. The lowest BCUT2D eigenvalue weighted by molar-refractivity contribution is -0.116. The SMILES string of the molecule is C=N/C(=C\C(=C/C)NC(=C)Cc1cc(-c2cncc(NC(=C)N(C)C)c2)ccc1NC)N1CC(F)(F)C1. The van der Waals surface area contributed by atoms with E-state index in [1.165, 1.54) is 4.90 Å². The molecular formula is C28H35F2N7. The molecule has 7 nitrogen and oxygen atoms in total. The second-order valence-corrected chi connectivity index (χ2v) is 9.07. The van der Waals surface area contributed by atoms with Crippen molar-refractivity contribution in [2.24, 2.45) is 4.99 Å². The molecule has 0 saturated carbocycles. The first-order chi connectivity index (χ1) is 17.5. The number of aromatic nitrogens is 1. The van der Waals surface area contributed by atoms with Gasteiger partial charge in [0, 0.05) is 62.5 Å². The van der Waals surface area contributed by atoms with E-state index in [0.717, 1.165) is 39.6 Å². The Hall–Kier alpha value is -4.14. The predicted molar refractivity (Wildman–Crippen MR) is 150 cm³/mol. The molecule has 1 fully saturated rings. The standard InChI is InChI=1S/C28H35F2N7/c1-8-24(14-27(32-5)37-17-28(29,30)18-37)34-19(2)11-22-12-21(9-10-26(22)31-4)23-13-25(16-33-15-23)35-20(3)36(6)7/h8-10,12-16,31,34-35H,2-3,5,11,17-18H2,1,4,6-7H3/b24-8+,27-14+. The quantitative estimate of drug-likeness (QED) is 0.268. The summed E-state index contributed by atoms with van der Waals surface area (Å²) in [6.07, 6.45) is 7.66. The first kappa shape index (κ1) is 27.4. The van der Waals surface area contributed by atoms with Gasteiger partial charge >= 0.3 is 0 Å². The first-order valence-electron chi connectivity index (χ1n) is 11.9. The molecule has 3 N–H and O–H groups in total. The highest BCUT2D eigenvalue weighted by Gasteiger charge is 2.44. The third-order valence-electron chi connectivity index (χ3n) is 5.93. The molecule has 0 spiro atoms. The molecule has 1 aliphatic heterocycles. The Balaban J connectivity index is 1.76. The Morgan fingerprint density at radius 2 is 1.92 bits per heavy atom. The van der Waals surface area contributed by atoms with E-state index in [9.17, 15) is 8.78 Å². The second kappa shape index (κ2) is 11.7. The summed E-state index contributed by atoms with van der Waals surface area (Å²) in [5, 5.41) is 9.77. The number of hydrogen-bond acceptors (Lipinski definition) is 7. The van der Waals surface area contributed by atoms with Crippen LogP contribution < -0.4 is 16.0 Å². The average Bonchev–Trinajstić information content (AvgIpc) is 2.85. The van der Waals surface area contributed by atoms with Crippen LogP contribution in [0.2, 0.25) is 0 Å². The maximum absolute atomic E-state index is 13.3. The van der Waals surface area contributed by atoms with Crippen LogP contribution in [0.5, 0.6) is 0 Å². The van der Waals surface area contributed by atoms with Gasteiger partial charge in [-0.1, -0.05) is 25.3 Å². The van der Waals surface area contributed by atoms with Crippen LogP contribution in [0, 0.1) is 0 Å².